The van der Waals surface area contributed by atoms with Crippen LogP contribution in [-0.2, 0) is 24.2 Å². The Morgan fingerprint density at radius 3 is 2.78 bits per heavy atom. The lowest BCUT2D eigenvalue weighted by Crippen LogP contribution is -2.40. The summed E-state index contributed by atoms with van der Waals surface area (Å²) < 4.78 is 33.4. The third-order valence-corrected chi connectivity index (χ3v) is 5.64. The van der Waals surface area contributed by atoms with Crippen LogP contribution in [-0.4, -0.2) is 56.4 Å². The van der Waals surface area contributed by atoms with Crippen LogP contribution in [0.4, 0.5) is 0 Å². The van der Waals surface area contributed by atoms with Crippen LogP contribution in [0.5, 0.6) is 0 Å². The molecule has 0 unspecified atom stereocenters. The second-order valence-corrected chi connectivity index (χ2v) is 8.15. The number of hydrogen-bond acceptors (Lipinski definition) is 6. The molecule has 23 heavy (non-hydrogen) atoms. The number of furan rings is 1. The second kappa shape index (κ2) is 7.31. The summed E-state index contributed by atoms with van der Waals surface area (Å²) in [5.41, 5.74) is 0. The van der Waals surface area contributed by atoms with Gasteiger partial charge in [-0.15, -0.1) is 0 Å². The molecule has 2 rings (SSSR count). The Kier molecular flexibility index (Phi) is 5.64. The van der Waals surface area contributed by atoms with Crippen molar-refractivity contribution in [3.8, 4) is 0 Å². The van der Waals surface area contributed by atoms with E-state index < -0.39 is 28.3 Å². The molecule has 0 aromatic carbocycles. The molecule has 0 radical (unpaired) electrons. The molecule has 2 heterocycles. The topological polar surface area (TPSA) is 93.9 Å². The maximum atomic E-state index is 11.9. The molecule has 0 saturated carbocycles. The van der Waals surface area contributed by atoms with E-state index >= 15 is 0 Å². The molecule has 0 N–H and O–H groups in total. The molecule has 126 valence electrons. The number of halogens is 1. The van der Waals surface area contributed by atoms with Gasteiger partial charge < -0.3 is 14.1 Å². The zero-order chi connectivity index (χ0) is 17.0. The summed E-state index contributed by atoms with van der Waals surface area (Å²) in [6.45, 7) is -0.432. The molecular formula is C14H16BrNO6S. The molecule has 1 saturated heterocycles. The fourth-order valence-electron chi connectivity index (χ4n) is 2.14. The number of nitrogens with zero attached hydrogens (tertiary/aromatic N) is 1. The maximum absolute atomic E-state index is 11.9. The highest BCUT2D eigenvalue weighted by molar-refractivity contribution is 9.10. The highest BCUT2D eigenvalue weighted by atomic mass is 79.9. The molecule has 1 aliphatic heterocycles. The van der Waals surface area contributed by atoms with Crippen molar-refractivity contribution in [3.05, 3.63) is 28.6 Å². The van der Waals surface area contributed by atoms with Gasteiger partial charge in [0.05, 0.1) is 11.5 Å². The molecule has 0 bridgehead atoms. The van der Waals surface area contributed by atoms with Crippen LogP contribution < -0.4 is 0 Å². The van der Waals surface area contributed by atoms with E-state index in [-0.39, 0.29) is 17.5 Å². The Hall–Kier alpha value is -1.61. The van der Waals surface area contributed by atoms with Crippen molar-refractivity contribution < 1.29 is 27.2 Å². The predicted molar refractivity (Wildman–Crippen MR) is 86.2 cm³/mol. The van der Waals surface area contributed by atoms with Crippen molar-refractivity contribution >= 4 is 43.7 Å². The zero-order valence-electron chi connectivity index (χ0n) is 12.4. The number of hydrogen-bond donors (Lipinski definition) is 0. The second-order valence-electron chi connectivity index (χ2n) is 5.14. The summed E-state index contributed by atoms with van der Waals surface area (Å²) in [6.07, 6.45) is 2.98. The van der Waals surface area contributed by atoms with Gasteiger partial charge in [0.25, 0.3) is 5.91 Å². The van der Waals surface area contributed by atoms with Gasteiger partial charge in [-0.05, 0) is 40.6 Å². The van der Waals surface area contributed by atoms with E-state index in [1.165, 1.54) is 18.0 Å². The van der Waals surface area contributed by atoms with E-state index in [1.54, 1.807) is 12.1 Å². The summed E-state index contributed by atoms with van der Waals surface area (Å²) in [6, 6.07) is 2.98. The first kappa shape index (κ1) is 17.7. The first-order valence-electron chi connectivity index (χ1n) is 6.83. The standard InChI is InChI=1S/C14H16BrNO6S/c1-16(10-6-7-23(19,20)9-10)13(17)8-21-14(18)5-3-11-2-4-12(15)22-11/h2-5,10H,6-9H2,1H3/b5-3+/t10-/m1/s1. The Labute approximate surface area is 142 Å². The van der Waals surface area contributed by atoms with E-state index in [4.69, 9.17) is 9.15 Å². The molecule has 1 aromatic rings. The quantitative estimate of drug-likeness (QED) is 0.540. The maximum Gasteiger partial charge on any atom is 0.331 e. The van der Waals surface area contributed by atoms with Crippen LogP contribution in [0.2, 0.25) is 0 Å². The van der Waals surface area contributed by atoms with Gasteiger partial charge in [0.2, 0.25) is 0 Å². The fourth-order valence-corrected chi connectivity index (χ4v) is 4.23. The number of carbonyl (C=O) groups is 2. The summed E-state index contributed by atoms with van der Waals surface area (Å²) >= 11 is 3.14. The smallest absolute Gasteiger partial charge is 0.331 e. The Morgan fingerprint density at radius 1 is 1.48 bits per heavy atom. The van der Waals surface area contributed by atoms with Gasteiger partial charge in [0.1, 0.15) is 5.76 Å². The monoisotopic (exact) mass is 405 g/mol. The third kappa shape index (κ3) is 5.21. The average molecular weight is 406 g/mol. The van der Waals surface area contributed by atoms with Crippen molar-refractivity contribution in [2.24, 2.45) is 0 Å². The van der Waals surface area contributed by atoms with Crippen LogP contribution in [0.1, 0.15) is 12.2 Å². The minimum atomic E-state index is -3.07. The van der Waals surface area contributed by atoms with Gasteiger partial charge in [0.15, 0.2) is 21.1 Å². The predicted octanol–water partition coefficient (Wildman–Crippen LogP) is 1.24. The van der Waals surface area contributed by atoms with Crippen molar-refractivity contribution in [3.63, 3.8) is 0 Å². The van der Waals surface area contributed by atoms with Crippen molar-refractivity contribution in [2.75, 3.05) is 25.2 Å². The van der Waals surface area contributed by atoms with Gasteiger partial charge in [-0.2, -0.15) is 0 Å². The number of ether oxygens (including phenoxy) is 1. The number of carbonyl (C=O) groups excluding carboxylic acids is 2. The Bertz CT molecular complexity index is 723. The van der Waals surface area contributed by atoms with Crippen molar-refractivity contribution in [1.29, 1.82) is 0 Å². The first-order valence-corrected chi connectivity index (χ1v) is 9.44. The number of esters is 1. The summed E-state index contributed by atoms with van der Waals surface area (Å²) in [4.78, 5) is 24.8. The van der Waals surface area contributed by atoms with Crippen LogP contribution in [0.15, 0.2) is 27.3 Å². The van der Waals surface area contributed by atoms with Crippen molar-refractivity contribution in [2.45, 2.75) is 12.5 Å². The summed E-state index contributed by atoms with van der Waals surface area (Å²) in [7, 11) is -1.56. The van der Waals surface area contributed by atoms with E-state index in [1.807, 2.05) is 0 Å². The molecule has 1 aromatic heterocycles. The molecule has 0 spiro atoms. The zero-order valence-corrected chi connectivity index (χ0v) is 14.8. The average Bonchev–Trinajstić information content (AvgIpc) is 3.07. The van der Waals surface area contributed by atoms with Gasteiger partial charge in [0, 0.05) is 19.2 Å². The van der Waals surface area contributed by atoms with E-state index in [0.29, 0.717) is 16.9 Å². The molecule has 1 amide bonds. The van der Waals surface area contributed by atoms with E-state index in [0.717, 1.165) is 6.08 Å². The van der Waals surface area contributed by atoms with Gasteiger partial charge in [-0.25, -0.2) is 13.2 Å². The lowest BCUT2D eigenvalue weighted by atomic mass is 10.2. The highest BCUT2D eigenvalue weighted by Gasteiger charge is 2.32. The van der Waals surface area contributed by atoms with Crippen molar-refractivity contribution in [1.82, 2.24) is 4.90 Å². The Balaban J connectivity index is 1.79. The molecule has 0 aliphatic carbocycles. The van der Waals surface area contributed by atoms with Crippen LogP contribution >= 0.6 is 15.9 Å². The largest absolute Gasteiger partial charge is 0.452 e. The van der Waals surface area contributed by atoms with Gasteiger partial charge >= 0.3 is 5.97 Å². The van der Waals surface area contributed by atoms with Crippen LogP contribution in [0.25, 0.3) is 6.08 Å². The third-order valence-electron chi connectivity index (χ3n) is 3.47. The minimum Gasteiger partial charge on any atom is -0.452 e. The molecule has 1 fully saturated rings. The normalized spacial score (nSPS) is 19.8. The van der Waals surface area contributed by atoms with Gasteiger partial charge in [-0.3, -0.25) is 4.79 Å². The first-order chi connectivity index (χ1) is 10.8. The molecule has 9 heteroatoms. The summed E-state index contributed by atoms with van der Waals surface area (Å²) in [5, 5.41) is 0. The van der Waals surface area contributed by atoms with Gasteiger partial charge in [-0.1, -0.05) is 0 Å². The molecular weight excluding hydrogens is 390 g/mol. The number of rotatable bonds is 5. The summed E-state index contributed by atoms with van der Waals surface area (Å²) in [5.74, 6) is -0.617. The molecule has 1 atom stereocenters. The van der Waals surface area contributed by atoms with E-state index in [9.17, 15) is 18.0 Å². The number of likely N-dealkylation sites (N-methyl/N-ethyl adjacent to an activating group) is 1. The van der Waals surface area contributed by atoms with Crippen LogP contribution in [0.3, 0.4) is 0 Å². The van der Waals surface area contributed by atoms with E-state index in [2.05, 4.69) is 15.9 Å². The highest BCUT2D eigenvalue weighted by Crippen LogP contribution is 2.17. The molecule has 7 nitrogen and oxygen atoms in total. The minimum absolute atomic E-state index is 0.0452. The fraction of sp³-hybridized carbons (Fsp3) is 0.429. The lowest BCUT2D eigenvalue weighted by Gasteiger charge is -2.22. The number of amides is 1. The van der Waals surface area contributed by atoms with Crippen LogP contribution in [0, 0.1) is 0 Å². The lowest BCUT2D eigenvalue weighted by molar-refractivity contribution is -0.148. The Morgan fingerprint density at radius 2 is 2.22 bits per heavy atom. The number of sulfone groups is 1. The SMILES string of the molecule is CN(C(=O)COC(=O)/C=C/c1ccc(Br)o1)[C@@H]1CCS(=O)(=O)C1. The molecule has 1 aliphatic rings.